The second-order valence-corrected chi connectivity index (χ2v) is 3.63. The first-order chi connectivity index (χ1) is 5.49. The molecule has 0 saturated carbocycles. The van der Waals surface area contributed by atoms with Gasteiger partial charge in [-0.15, -0.1) is 0 Å². The minimum atomic E-state index is -0.325. The largest absolute Gasteiger partial charge is 0.344 e. The molecule has 0 saturated heterocycles. The van der Waals surface area contributed by atoms with Gasteiger partial charge in [-0.25, -0.2) is 0 Å². The van der Waals surface area contributed by atoms with E-state index in [2.05, 4.69) is 13.8 Å². The number of carbonyl (C=O) groups is 1. The van der Waals surface area contributed by atoms with Gasteiger partial charge in [0.1, 0.15) is 0 Å². The fraction of sp³-hybridized carbons (Fsp3) is 0.889. The normalized spacial score (nSPS) is 13.2. The zero-order valence-electron chi connectivity index (χ0n) is 8.50. The summed E-state index contributed by atoms with van der Waals surface area (Å²) >= 11 is 0. The predicted molar refractivity (Wildman–Crippen MR) is 50.7 cm³/mol. The highest BCUT2D eigenvalue weighted by Gasteiger charge is 2.16. The highest BCUT2D eigenvalue weighted by Crippen LogP contribution is 1.99. The molecule has 12 heavy (non-hydrogen) atoms. The molecule has 1 amide bonds. The van der Waals surface area contributed by atoms with Crippen molar-refractivity contribution >= 4 is 5.91 Å². The van der Waals surface area contributed by atoms with Gasteiger partial charge in [0.15, 0.2) is 0 Å². The van der Waals surface area contributed by atoms with Crippen molar-refractivity contribution < 1.29 is 4.79 Å². The first-order valence-corrected chi connectivity index (χ1v) is 4.49. The lowest BCUT2D eigenvalue weighted by molar-refractivity contribution is -0.131. The van der Waals surface area contributed by atoms with Crippen molar-refractivity contribution in [1.29, 1.82) is 0 Å². The molecule has 0 heterocycles. The summed E-state index contributed by atoms with van der Waals surface area (Å²) in [4.78, 5) is 13.1. The molecule has 3 heteroatoms. The molecule has 1 unspecified atom stereocenters. The summed E-state index contributed by atoms with van der Waals surface area (Å²) in [7, 11) is 1.80. The molecule has 0 bridgehead atoms. The van der Waals surface area contributed by atoms with E-state index in [1.807, 2.05) is 6.92 Å². The smallest absolute Gasteiger partial charge is 0.239 e. The number of hydrogen-bond acceptors (Lipinski definition) is 2. The summed E-state index contributed by atoms with van der Waals surface area (Å²) in [6.45, 7) is 6.88. The standard InChI is InChI=1S/C9H20N2O/c1-5-8(10)9(12)11(4)6-7(2)3/h7-8H,5-6,10H2,1-4H3. The molecule has 0 aromatic carbocycles. The van der Waals surface area contributed by atoms with Crippen LogP contribution in [0.5, 0.6) is 0 Å². The van der Waals surface area contributed by atoms with Gasteiger partial charge in [0, 0.05) is 13.6 Å². The molecular formula is C9H20N2O. The van der Waals surface area contributed by atoms with Crippen LogP contribution >= 0.6 is 0 Å². The Morgan fingerprint density at radius 1 is 1.50 bits per heavy atom. The molecule has 3 nitrogen and oxygen atoms in total. The number of likely N-dealkylation sites (N-methyl/N-ethyl adjacent to an activating group) is 1. The Hall–Kier alpha value is -0.570. The number of nitrogens with zero attached hydrogens (tertiary/aromatic N) is 1. The molecule has 1 atom stereocenters. The van der Waals surface area contributed by atoms with Gasteiger partial charge in [-0.3, -0.25) is 4.79 Å². The number of hydrogen-bond donors (Lipinski definition) is 1. The van der Waals surface area contributed by atoms with Crippen molar-refractivity contribution in [2.75, 3.05) is 13.6 Å². The molecule has 0 rings (SSSR count). The van der Waals surface area contributed by atoms with Gasteiger partial charge in [-0.1, -0.05) is 20.8 Å². The second kappa shape index (κ2) is 5.14. The van der Waals surface area contributed by atoms with Crippen LogP contribution < -0.4 is 5.73 Å². The van der Waals surface area contributed by atoms with Crippen LogP contribution in [-0.4, -0.2) is 30.4 Å². The molecule has 0 aliphatic heterocycles. The summed E-state index contributed by atoms with van der Waals surface area (Å²) in [5.41, 5.74) is 5.60. The van der Waals surface area contributed by atoms with Crippen LogP contribution in [-0.2, 0) is 4.79 Å². The third kappa shape index (κ3) is 3.72. The maximum Gasteiger partial charge on any atom is 0.239 e. The third-order valence-electron chi connectivity index (χ3n) is 1.77. The van der Waals surface area contributed by atoms with Crippen LogP contribution in [0.3, 0.4) is 0 Å². The van der Waals surface area contributed by atoms with Gasteiger partial charge in [0.2, 0.25) is 5.91 Å². The van der Waals surface area contributed by atoms with E-state index in [1.165, 1.54) is 0 Å². The molecule has 0 spiro atoms. The summed E-state index contributed by atoms with van der Waals surface area (Å²) in [6.07, 6.45) is 0.710. The van der Waals surface area contributed by atoms with Crippen molar-refractivity contribution in [3.63, 3.8) is 0 Å². The van der Waals surface area contributed by atoms with E-state index >= 15 is 0 Å². The van der Waals surface area contributed by atoms with Crippen LogP contribution in [0.2, 0.25) is 0 Å². The predicted octanol–water partition coefficient (Wildman–Crippen LogP) is 0.838. The summed E-state index contributed by atoms with van der Waals surface area (Å²) < 4.78 is 0. The van der Waals surface area contributed by atoms with Crippen molar-refractivity contribution in [1.82, 2.24) is 4.90 Å². The van der Waals surface area contributed by atoms with E-state index in [0.29, 0.717) is 12.3 Å². The lowest BCUT2D eigenvalue weighted by Crippen LogP contribution is -2.42. The number of rotatable bonds is 4. The van der Waals surface area contributed by atoms with E-state index in [0.717, 1.165) is 6.54 Å². The molecule has 0 fully saturated rings. The Kier molecular flexibility index (Phi) is 4.90. The molecule has 0 aliphatic carbocycles. The number of nitrogens with two attached hydrogens (primary N) is 1. The minimum absolute atomic E-state index is 0.0474. The number of amides is 1. The molecule has 0 aliphatic rings. The second-order valence-electron chi connectivity index (χ2n) is 3.63. The van der Waals surface area contributed by atoms with Crippen LogP contribution in [0.25, 0.3) is 0 Å². The third-order valence-corrected chi connectivity index (χ3v) is 1.77. The Balaban J connectivity index is 3.92. The van der Waals surface area contributed by atoms with Crippen LogP contribution in [0.15, 0.2) is 0 Å². The van der Waals surface area contributed by atoms with Crippen molar-refractivity contribution in [2.24, 2.45) is 11.7 Å². The van der Waals surface area contributed by atoms with Crippen molar-refractivity contribution in [3.05, 3.63) is 0 Å². The Labute approximate surface area is 74.9 Å². The maximum absolute atomic E-state index is 11.4. The van der Waals surface area contributed by atoms with Gasteiger partial charge in [0.25, 0.3) is 0 Å². The van der Waals surface area contributed by atoms with E-state index in [-0.39, 0.29) is 11.9 Å². The highest BCUT2D eigenvalue weighted by atomic mass is 16.2. The van der Waals surface area contributed by atoms with Gasteiger partial charge < -0.3 is 10.6 Å². The molecular weight excluding hydrogens is 152 g/mol. The zero-order chi connectivity index (χ0) is 9.72. The van der Waals surface area contributed by atoms with E-state index < -0.39 is 0 Å². The van der Waals surface area contributed by atoms with Crippen LogP contribution in [0.1, 0.15) is 27.2 Å². The van der Waals surface area contributed by atoms with Gasteiger partial charge in [-0.05, 0) is 12.3 Å². The monoisotopic (exact) mass is 172 g/mol. The Bertz CT molecular complexity index is 145. The maximum atomic E-state index is 11.4. The molecule has 0 aromatic heterocycles. The molecule has 2 N–H and O–H groups in total. The summed E-state index contributed by atoms with van der Waals surface area (Å²) in [5, 5.41) is 0. The van der Waals surface area contributed by atoms with Crippen molar-refractivity contribution in [3.8, 4) is 0 Å². The summed E-state index contributed by atoms with van der Waals surface area (Å²) in [6, 6.07) is -0.325. The summed E-state index contributed by atoms with van der Waals surface area (Å²) in [5.74, 6) is 0.550. The topological polar surface area (TPSA) is 46.3 Å². The fourth-order valence-corrected chi connectivity index (χ4v) is 1.10. The molecule has 0 aromatic rings. The molecule has 0 radical (unpaired) electrons. The van der Waals surface area contributed by atoms with Crippen LogP contribution in [0, 0.1) is 5.92 Å². The highest BCUT2D eigenvalue weighted by molar-refractivity contribution is 5.81. The average Bonchev–Trinajstić information content (AvgIpc) is 2.00. The SMILES string of the molecule is CCC(N)C(=O)N(C)CC(C)C. The molecule has 72 valence electrons. The van der Waals surface area contributed by atoms with E-state index in [9.17, 15) is 4.79 Å². The number of carbonyl (C=O) groups excluding carboxylic acids is 1. The fourth-order valence-electron chi connectivity index (χ4n) is 1.10. The zero-order valence-corrected chi connectivity index (χ0v) is 8.50. The van der Waals surface area contributed by atoms with Gasteiger partial charge >= 0.3 is 0 Å². The van der Waals surface area contributed by atoms with Gasteiger partial charge in [0.05, 0.1) is 6.04 Å². The van der Waals surface area contributed by atoms with Crippen LogP contribution in [0.4, 0.5) is 0 Å². The lowest BCUT2D eigenvalue weighted by Gasteiger charge is -2.22. The van der Waals surface area contributed by atoms with Crippen molar-refractivity contribution in [2.45, 2.75) is 33.2 Å². The Morgan fingerprint density at radius 3 is 2.33 bits per heavy atom. The first-order valence-electron chi connectivity index (χ1n) is 4.49. The first kappa shape index (κ1) is 11.4. The minimum Gasteiger partial charge on any atom is -0.344 e. The average molecular weight is 172 g/mol. The van der Waals surface area contributed by atoms with E-state index in [1.54, 1.807) is 11.9 Å². The Morgan fingerprint density at radius 2 is 2.00 bits per heavy atom. The lowest BCUT2D eigenvalue weighted by atomic mass is 10.1. The van der Waals surface area contributed by atoms with E-state index in [4.69, 9.17) is 5.73 Å². The van der Waals surface area contributed by atoms with Gasteiger partial charge in [-0.2, -0.15) is 0 Å². The quantitative estimate of drug-likeness (QED) is 0.683.